The topological polar surface area (TPSA) is 155 Å². The number of aromatic nitrogens is 1. The van der Waals surface area contributed by atoms with Gasteiger partial charge in [0.05, 0.1) is 24.3 Å². The van der Waals surface area contributed by atoms with Gasteiger partial charge in [-0.2, -0.15) is 0 Å². The molecule has 10 nitrogen and oxygen atoms in total. The quantitative estimate of drug-likeness (QED) is 0.252. The average Bonchev–Trinajstić information content (AvgIpc) is 3.40. The van der Waals surface area contributed by atoms with Crippen LogP contribution in [0.15, 0.2) is 60.9 Å². The summed E-state index contributed by atoms with van der Waals surface area (Å²) in [5.74, 6) is -1.59. The number of carbonyl (C=O) groups excluding carboxylic acids is 3. The summed E-state index contributed by atoms with van der Waals surface area (Å²) in [5.41, 5.74) is 3.17. The lowest BCUT2D eigenvalue weighted by Gasteiger charge is -2.35. The number of amides is 3. The van der Waals surface area contributed by atoms with E-state index >= 15 is 0 Å². The molecule has 1 saturated heterocycles. The van der Waals surface area contributed by atoms with E-state index in [1.165, 1.54) is 17.5 Å². The first kappa shape index (κ1) is 26.5. The number of benzene rings is 1. The van der Waals surface area contributed by atoms with Crippen molar-refractivity contribution in [3.8, 4) is 10.4 Å². The molecule has 0 radical (unpaired) electrons. The van der Waals surface area contributed by atoms with Crippen molar-refractivity contribution in [3.05, 3.63) is 71.4 Å². The van der Waals surface area contributed by atoms with Crippen LogP contribution >= 0.6 is 11.3 Å². The molecule has 3 aromatic rings. The molecule has 12 heteroatoms. The zero-order valence-electron chi connectivity index (χ0n) is 19.8. The molecule has 1 aliphatic heterocycles. The van der Waals surface area contributed by atoms with E-state index in [0.29, 0.717) is 35.4 Å². The Bertz CT molecular complexity index is 1410. The first-order chi connectivity index (χ1) is 17.7. The van der Waals surface area contributed by atoms with E-state index in [4.69, 9.17) is 5.21 Å². The molecular formula is C25H26N4O6S2. The van der Waals surface area contributed by atoms with Gasteiger partial charge in [-0.25, -0.2) is 13.9 Å². The van der Waals surface area contributed by atoms with Crippen molar-refractivity contribution < 1.29 is 28.0 Å². The van der Waals surface area contributed by atoms with Crippen molar-refractivity contribution >= 4 is 44.6 Å². The molecule has 3 heterocycles. The van der Waals surface area contributed by atoms with Crippen LogP contribution in [0.3, 0.4) is 0 Å². The summed E-state index contributed by atoms with van der Waals surface area (Å²) < 4.78 is 24.9. The number of hydrogen-bond acceptors (Lipinski definition) is 8. The largest absolute Gasteiger partial charge is 0.343 e. The number of thiophene rings is 1. The number of hydrogen-bond donors (Lipinski definition) is 4. The van der Waals surface area contributed by atoms with Crippen LogP contribution < -0.4 is 16.1 Å². The predicted octanol–water partition coefficient (Wildman–Crippen LogP) is 2.87. The fourth-order valence-electron chi connectivity index (χ4n) is 4.37. The van der Waals surface area contributed by atoms with Gasteiger partial charge in [0, 0.05) is 27.8 Å². The summed E-state index contributed by atoms with van der Waals surface area (Å²) in [6.07, 6.45) is 4.09. The number of rotatable bonds is 8. The second-order valence-corrected chi connectivity index (χ2v) is 12.2. The molecular weight excluding hydrogens is 516 g/mol. The number of hydroxylamine groups is 1. The molecule has 0 spiro atoms. The van der Waals surface area contributed by atoms with Gasteiger partial charge in [0.1, 0.15) is 4.75 Å². The summed E-state index contributed by atoms with van der Waals surface area (Å²) in [6, 6.07) is 13.8. The maximum absolute atomic E-state index is 13.1. The van der Waals surface area contributed by atoms with E-state index in [-0.39, 0.29) is 18.7 Å². The second-order valence-electron chi connectivity index (χ2n) is 8.70. The summed E-state index contributed by atoms with van der Waals surface area (Å²) in [4.78, 5) is 41.7. The molecule has 1 atom stereocenters. The van der Waals surface area contributed by atoms with Crippen LogP contribution in [0.1, 0.15) is 40.9 Å². The third kappa shape index (κ3) is 5.87. The fourth-order valence-corrected chi connectivity index (χ4v) is 8.14. The standard InChI is InChI=1S/C25H26N4O6S2/c30-22(29-33)14-25(10-1-2-12-37(25,34)35)21-9-8-20(36-21)17-5-3-7-19(13-17)28-23(31)16-27-24(32)18-6-4-11-26-15-18/h3-9,11,13,15,33H,1-2,10,12,14,16H2,(H,27,32)(H,28,31)(H,29,30)/t25-/m0/s1. The first-order valence-corrected chi connectivity index (χ1v) is 14.0. The van der Waals surface area contributed by atoms with Gasteiger partial charge >= 0.3 is 0 Å². The Hall–Kier alpha value is -3.61. The molecule has 37 heavy (non-hydrogen) atoms. The van der Waals surface area contributed by atoms with Crippen molar-refractivity contribution in [3.63, 3.8) is 0 Å². The van der Waals surface area contributed by atoms with E-state index in [0.717, 1.165) is 10.4 Å². The van der Waals surface area contributed by atoms with Gasteiger partial charge in [0.25, 0.3) is 5.91 Å². The molecule has 0 aliphatic carbocycles. The van der Waals surface area contributed by atoms with Gasteiger partial charge < -0.3 is 10.6 Å². The minimum atomic E-state index is -3.63. The highest BCUT2D eigenvalue weighted by molar-refractivity contribution is 7.92. The number of sulfone groups is 1. The maximum atomic E-state index is 13.1. The molecule has 1 aliphatic rings. The molecule has 4 rings (SSSR count). The molecule has 3 amide bonds. The Morgan fingerprint density at radius 3 is 2.62 bits per heavy atom. The molecule has 0 bridgehead atoms. The SMILES string of the molecule is O=C(C[C@]1(c2ccc(-c3cccc(NC(=O)CNC(=O)c4cccnc4)c3)s2)CCCCS1(=O)=O)NO. The van der Waals surface area contributed by atoms with Gasteiger partial charge in [0.15, 0.2) is 9.84 Å². The lowest BCUT2D eigenvalue weighted by Crippen LogP contribution is -2.43. The third-order valence-corrected chi connectivity index (χ3v) is 10.3. The number of carbonyl (C=O) groups is 3. The van der Waals surface area contributed by atoms with Crippen LogP contribution in [0.25, 0.3) is 10.4 Å². The van der Waals surface area contributed by atoms with Crippen LogP contribution in [-0.2, 0) is 24.2 Å². The van der Waals surface area contributed by atoms with Gasteiger partial charge in [0.2, 0.25) is 11.8 Å². The van der Waals surface area contributed by atoms with Crippen LogP contribution in [-0.4, -0.2) is 48.6 Å². The second kappa shape index (κ2) is 11.2. The van der Waals surface area contributed by atoms with Gasteiger partial charge in [-0.05, 0) is 54.8 Å². The number of anilines is 1. The van der Waals surface area contributed by atoms with Gasteiger partial charge in [-0.1, -0.05) is 18.6 Å². The molecule has 194 valence electrons. The molecule has 0 unspecified atom stereocenters. The first-order valence-electron chi connectivity index (χ1n) is 11.6. The average molecular weight is 543 g/mol. The van der Waals surface area contributed by atoms with Crippen LogP contribution in [0.2, 0.25) is 0 Å². The highest BCUT2D eigenvalue weighted by Crippen LogP contribution is 2.47. The van der Waals surface area contributed by atoms with Crippen molar-refractivity contribution in [1.29, 1.82) is 0 Å². The molecule has 0 saturated carbocycles. The monoisotopic (exact) mass is 542 g/mol. The lowest BCUT2D eigenvalue weighted by atomic mass is 9.94. The highest BCUT2D eigenvalue weighted by Gasteiger charge is 2.49. The fraction of sp³-hybridized carbons (Fsp3) is 0.280. The minimum Gasteiger partial charge on any atom is -0.343 e. The molecule has 4 N–H and O–H groups in total. The maximum Gasteiger partial charge on any atom is 0.253 e. The van der Waals surface area contributed by atoms with Crippen LogP contribution in [0.4, 0.5) is 5.69 Å². The minimum absolute atomic E-state index is 0.0161. The summed E-state index contributed by atoms with van der Waals surface area (Å²) in [5, 5.41) is 14.3. The smallest absolute Gasteiger partial charge is 0.253 e. The van der Waals surface area contributed by atoms with Crippen LogP contribution in [0, 0.1) is 0 Å². The molecule has 1 fully saturated rings. The van der Waals surface area contributed by atoms with Crippen LogP contribution in [0.5, 0.6) is 0 Å². The summed E-state index contributed by atoms with van der Waals surface area (Å²) in [7, 11) is -3.63. The van der Waals surface area contributed by atoms with Crippen molar-refractivity contribution in [1.82, 2.24) is 15.8 Å². The van der Waals surface area contributed by atoms with Gasteiger partial charge in [-0.3, -0.25) is 24.6 Å². The zero-order chi connectivity index (χ0) is 26.5. The zero-order valence-corrected chi connectivity index (χ0v) is 21.4. The van der Waals surface area contributed by atoms with E-state index in [9.17, 15) is 22.8 Å². The Balaban J connectivity index is 1.49. The van der Waals surface area contributed by atoms with E-state index in [2.05, 4.69) is 15.6 Å². The Labute approximate surface area is 218 Å². The molecule has 1 aromatic carbocycles. The highest BCUT2D eigenvalue weighted by atomic mass is 32.2. The van der Waals surface area contributed by atoms with E-state index < -0.39 is 32.3 Å². The summed E-state index contributed by atoms with van der Waals surface area (Å²) >= 11 is 1.27. The number of nitrogens with one attached hydrogen (secondary N) is 3. The van der Waals surface area contributed by atoms with Crippen molar-refractivity contribution in [2.45, 2.75) is 30.4 Å². The van der Waals surface area contributed by atoms with Gasteiger partial charge in [-0.15, -0.1) is 11.3 Å². The predicted molar refractivity (Wildman–Crippen MR) is 139 cm³/mol. The normalized spacial score (nSPS) is 18.5. The van der Waals surface area contributed by atoms with E-state index in [1.807, 2.05) is 6.07 Å². The Morgan fingerprint density at radius 2 is 1.89 bits per heavy atom. The molecule has 2 aromatic heterocycles. The van der Waals surface area contributed by atoms with E-state index in [1.54, 1.807) is 54.1 Å². The number of nitrogens with zero attached hydrogens (tertiary/aromatic N) is 1. The van der Waals surface area contributed by atoms with Crippen molar-refractivity contribution in [2.75, 3.05) is 17.6 Å². The van der Waals surface area contributed by atoms with Crippen molar-refractivity contribution in [2.24, 2.45) is 0 Å². The Morgan fingerprint density at radius 1 is 1.05 bits per heavy atom. The summed E-state index contributed by atoms with van der Waals surface area (Å²) in [6.45, 7) is -0.228. The Kier molecular flexibility index (Phi) is 8.00. The third-order valence-electron chi connectivity index (χ3n) is 6.23. The lowest BCUT2D eigenvalue weighted by molar-refractivity contribution is -0.130. The number of pyridine rings is 1.